The lowest BCUT2D eigenvalue weighted by molar-refractivity contribution is -0.113. The number of nitrogens with one attached hydrogen (secondary N) is 2. The van der Waals surface area contributed by atoms with Crippen LogP contribution in [-0.4, -0.2) is 27.9 Å². The Hall–Kier alpha value is -1.73. The lowest BCUT2D eigenvalue weighted by atomic mass is 10.3. The number of H-pyrrole nitrogens is 1. The van der Waals surface area contributed by atoms with Gasteiger partial charge in [-0.2, -0.15) is 0 Å². The fourth-order valence-electron chi connectivity index (χ4n) is 1.49. The van der Waals surface area contributed by atoms with Crippen molar-refractivity contribution in [1.29, 1.82) is 0 Å². The highest BCUT2D eigenvalue weighted by Crippen LogP contribution is 2.24. The predicted molar refractivity (Wildman–Crippen MR) is 82.4 cm³/mol. The smallest absolute Gasteiger partial charge is 0.251 e. The largest absolute Gasteiger partial charge is 0.324 e. The maximum atomic E-state index is 11.9. The van der Waals surface area contributed by atoms with Crippen molar-refractivity contribution in [3.05, 3.63) is 46.9 Å². The summed E-state index contributed by atoms with van der Waals surface area (Å²) in [6.45, 7) is 0. The lowest BCUT2D eigenvalue weighted by Gasteiger charge is -2.08. The Bertz CT molecular complexity index is 658. The molecule has 1 aromatic heterocycles. The van der Waals surface area contributed by atoms with Crippen LogP contribution in [0.15, 0.2) is 51.4 Å². The van der Waals surface area contributed by atoms with Crippen LogP contribution >= 0.6 is 23.5 Å². The Morgan fingerprint density at radius 2 is 2.15 bits per heavy atom. The first kappa shape index (κ1) is 14.7. The van der Waals surface area contributed by atoms with Gasteiger partial charge >= 0.3 is 0 Å². The first-order valence-electron chi connectivity index (χ1n) is 5.80. The summed E-state index contributed by atoms with van der Waals surface area (Å²) in [7, 11) is 0. The molecule has 0 atom stereocenters. The second-order valence-electron chi connectivity index (χ2n) is 3.78. The van der Waals surface area contributed by atoms with Crippen LogP contribution in [0.5, 0.6) is 0 Å². The normalized spacial score (nSPS) is 10.2. The number of aromatic amines is 1. The van der Waals surface area contributed by atoms with Gasteiger partial charge in [-0.15, -0.1) is 11.8 Å². The van der Waals surface area contributed by atoms with Crippen LogP contribution < -0.4 is 10.9 Å². The molecule has 2 aromatic rings. The molecule has 1 aromatic carbocycles. The van der Waals surface area contributed by atoms with Crippen molar-refractivity contribution in [2.24, 2.45) is 0 Å². The van der Waals surface area contributed by atoms with Crippen molar-refractivity contribution < 1.29 is 4.79 Å². The molecule has 0 spiro atoms. The van der Waals surface area contributed by atoms with Crippen LogP contribution in [0.3, 0.4) is 0 Å². The van der Waals surface area contributed by atoms with Gasteiger partial charge in [0.1, 0.15) is 0 Å². The minimum atomic E-state index is -0.226. The van der Waals surface area contributed by atoms with Crippen molar-refractivity contribution in [1.82, 2.24) is 9.97 Å². The number of hydrogen-bond donors (Lipinski definition) is 2. The summed E-state index contributed by atoms with van der Waals surface area (Å²) in [6, 6.07) is 8.94. The predicted octanol–water partition coefficient (Wildman–Crippen LogP) is 2.22. The van der Waals surface area contributed by atoms with Gasteiger partial charge < -0.3 is 10.3 Å². The highest BCUT2D eigenvalue weighted by atomic mass is 32.2. The number of carbonyl (C=O) groups is 1. The summed E-state index contributed by atoms with van der Waals surface area (Å²) in [5.41, 5.74) is 0.566. The number of thioether (sulfide) groups is 2. The fourth-order valence-corrected chi connectivity index (χ4v) is 2.70. The van der Waals surface area contributed by atoms with E-state index < -0.39 is 0 Å². The number of hydrogen-bond acceptors (Lipinski definition) is 5. The zero-order valence-electron chi connectivity index (χ0n) is 10.8. The molecule has 0 bridgehead atoms. The van der Waals surface area contributed by atoms with Gasteiger partial charge in [0.15, 0.2) is 5.16 Å². The summed E-state index contributed by atoms with van der Waals surface area (Å²) in [4.78, 5) is 30.5. The Balaban J connectivity index is 1.94. The quantitative estimate of drug-likeness (QED) is 0.654. The number of anilines is 1. The molecule has 104 valence electrons. The average Bonchev–Trinajstić information content (AvgIpc) is 2.46. The van der Waals surface area contributed by atoms with Gasteiger partial charge in [0.2, 0.25) is 5.91 Å². The molecule has 1 heterocycles. The van der Waals surface area contributed by atoms with Crippen LogP contribution in [0.25, 0.3) is 0 Å². The van der Waals surface area contributed by atoms with E-state index in [1.807, 2.05) is 30.5 Å². The Morgan fingerprint density at radius 1 is 1.35 bits per heavy atom. The zero-order valence-corrected chi connectivity index (χ0v) is 12.4. The molecule has 0 aliphatic carbocycles. The van der Waals surface area contributed by atoms with Crippen molar-refractivity contribution in [3.63, 3.8) is 0 Å². The number of benzene rings is 1. The van der Waals surface area contributed by atoms with Gasteiger partial charge in [-0.3, -0.25) is 9.59 Å². The first-order valence-corrected chi connectivity index (χ1v) is 8.01. The maximum Gasteiger partial charge on any atom is 0.251 e. The number of aromatic nitrogens is 2. The Morgan fingerprint density at radius 3 is 2.90 bits per heavy atom. The monoisotopic (exact) mass is 307 g/mol. The topological polar surface area (TPSA) is 74.8 Å². The van der Waals surface area contributed by atoms with E-state index >= 15 is 0 Å². The van der Waals surface area contributed by atoms with E-state index in [9.17, 15) is 9.59 Å². The molecule has 0 fully saturated rings. The number of rotatable bonds is 5. The fraction of sp³-hybridized carbons (Fsp3) is 0.154. The Kier molecular flexibility index (Phi) is 5.25. The van der Waals surface area contributed by atoms with Crippen LogP contribution in [0.2, 0.25) is 0 Å². The summed E-state index contributed by atoms with van der Waals surface area (Å²) in [6.07, 6.45) is 3.38. The van der Waals surface area contributed by atoms with Gasteiger partial charge in [0.05, 0.1) is 11.4 Å². The van der Waals surface area contributed by atoms with E-state index in [2.05, 4.69) is 15.3 Å². The van der Waals surface area contributed by atoms with Gasteiger partial charge in [-0.1, -0.05) is 23.9 Å². The molecular formula is C13H13N3O2S2. The van der Waals surface area contributed by atoms with Crippen LogP contribution in [0.4, 0.5) is 5.69 Å². The Labute approximate surface area is 124 Å². The van der Waals surface area contributed by atoms with E-state index in [-0.39, 0.29) is 17.2 Å². The number of amides is 1. The van der Waals surface area contributed by atoms with Crippen LogP contribution in [0.1, 0.15) is 0 Å². The molecule has 0 saturated carbocycles. The molecule has 0 aliphatic rings. The molecule has 7 heteroatoms. The third-order valence-electron chi connectivity index (χ3n) is 2.37. The zero-order chi connectivity index (χ0) is 14.4. The number of carbonyl (C=O) groups excluding carboxylic acids is 1. The van der Waals surface area contributed by atoms with E-state index in [1.54, 1.807) is 11.8 Å². The maximum absolute atomic E-state index is 11.9. The highest BCUT2D eigenvalue weighted by Gasteiger charge is 2.07. The van der Waals surface area contributed by atoms with E-state index in [4.69, 9.17) is 0 Å². The summed E-state index contributed by atoms with van der Waals surface area (Å²) in [5.74, 6) is 0.0540. The van der Waals surface area contributed by atoms with Crippen molar-refractivity contribution in [2.45, 2.75) is 10.1 Å². The molecule has 0 unspecified atom stereocenters. The molecular weight excluding hydrogens is 294 g/mol. The van der Waals surface area contributed by atoms with E-state index in [0.717, 1.165) is 10.6 Å². The van der Waals surface area contributed by atoms with Gasteiger partial charge in [0, 0.05) is 17.2 Å². The lowest BCUT2D eigenvalue weighted by Crippen LogP contribution is -2.15. The standard InChI is InChI=1S/C13H13N3O2S2/c1-19-10-5-3-2-4-9(10)15-12(18)8-20-13-14-7-6-11(17)16-13/h2-7H,8H2,1H3,(H,15,18)(H,14,16,17). The molecule has 0 saturated heterocycles. The molecule has 0 aliphatic heterocycles. The van der Waals surface area contributed by atoms with E-state index in [1.165, 1.54) is 24.0 Å². The number of para-hydroxylation sites is 1. The first-order chi connectivity index (χ1) is 9.69. The third kappa shape index (κ3) is 4.14. The summed E-state index contributed by atoms with van der Waals surface area (Å²) >= 11 is 2.76. The SMILES string of the molecule is CSc1ccccc1NC(=O)CSc1nccc(=O)[nH]1. The van der Waals surface area contributed by atoms with Gasteiger partial charge in [-0.25, -0.2) is 4.98 Å². The van der Waals surface area contributed by atoms with Crippen LogP contribution in [0, 0.1) is 0 Å². The summed E-state index contributed by atoms with van der Waals surface area (Å²) in [5, 5.41) is 3.28. The minimum Gasteiger partial charge on any atom is -0.324 e. The third-order valence-corrected chi connectivity index (χ3v) is 4.05. The molecule has 2 N–H and O–H groups in total. The molecule has 1 amide bonds. The highest BCUT2D eigenvalue weighted by molar-refractivity contribution is 7.99. The van der Waals surface area contributed by atoms with Crippen molar-refractivity contribution in [3.8, 4) is 0 Å². The van der Waals surface area contributed by atoms with E-state index in [0.29, 0.717) is 5.16 Å². The van der Waals surface area contributed by atoms with Crippen molar-refractivity contribution >= 4 is 35.1 Å². The second kappa shape index (κ2) is 7.16. The van der Waals surface area contributed by atoms with Crippen LogP contribution in [-0.2, 0) is 4.79 Å². The molecule has 5 nitrogen and oxygen atoms in total. The number of nitrogens with zero attached hydrogens (tertiary/aromatic N) is 1. The molecule has 0 radical (unpaired) electrons. The van der Waals surface area contributed by atoms with Crippen molar-refractivity contribution in [2.75, 3.05) is 17.3 Å². The molecule has 20 heavy (non-hydrogen) atoms. The van der Waals surface area contributed by atoms with Gasteiger partial charge in [0.25, 0.3) is 5.56 Å². The minimum absolute atomic E-state index is 0.136. The summed E-state index contributed by atoms with van der Waals surface area (Å²) < 4.78 is 0. The molecule has 2 rings (SSSR count). The average molecular weight is 307 g/mol. The van der Waals surface area contributed by atoms with Gasteiger partial charge in [-0.05, 0) is 18.4 Å². The second-order valence-corrected chi connectivity index (χ2v) is 5.59.